The lowest BCUT2D eigenvalue weighted by molar-refractivity contribution is -0.131. The number of anilines is 1. The van der Waals surface area contributed by atoms with E-state index in [4.69, 9.17) is 11.6 Å². The standard InChI is InChI=1S/C13H14BrClN2O2/c1-8-5-9(14)11(6-10(8)15)16-12(18)7-17-4-2-3-13(17)19/h5-6H,2-4,7H2,1H3,(H,16,18). The van der Waals surface area contributed by atoms with E-state index < -0.39 is 0 Å². The molecular formula is C13H14BrClN2O2. The smallest absolute Gasteiger partial charge is 0.244 e. The number of halogens is 2. The lowest BCUT2D eigenvalue weighted by Crippen LogP contribution is -2.34. The largest absolute Gasteiger partial charge is 0.333 e. The molecule has 1 fully saturated rings. The molecule has 1 aliphatic heterocycles. The number of nitrogens with zero attached hydrogens (tertiary/aromatic N) is 1. The molecule has 1 heterocycles. The second-order valence-electron chi connectivity index (χ2n) is 4.55. The molecule has 102 valence electrons. The fourth-order valence-electron chi connectivity index (χ4n) is 1.98. The molecule has 1 aromatic rings. The summed E-state index contributed by atoms with van der Waals surface area (Å²) in [6.07, 6.45) is 1.36. The third-order valence-corrected chi connectivity index (χ3v) is 4.09. The number of rotatable bonds is 3. The molecule has 0 atom stereocenters. The highest BCUT2D eigenvalue weighted by Crippen LogP contribution is 2.29. The van der Waals surface area contributed by atoms with Crippen molar-refractivity contribution in [3.8, 4) is 0 Å². The molecule has 0 saturated carbocycles. The van der Waals surface area contributed by atoms with Crippen LogP contribution in [-0.4, -0.2) is 29.8 Å². The van der Waals surface area contributed by atoms with Crippen LogP contribution in [0.2, 0.25) is 5.02 Å². The lowest BCUT2D eigenvalue weighted by Gasteiger charge is -2.16. The fraction of sp³-hybridized carbons (Fsp3) is 0.385. The number of carbonyl (C=O) groups excluding carboxylic acids is 2. The third-order valence-electron chi connectivity index (χ3n) is 3.03. The minimum absolute atomic E-state index is 0.0381. The molecule has 0 spiro atoms. The average Bonchev–Trinajstić information content (AvgIpc) is 2.72. The van der Waals surface area contributed by atoms with E-state index in [1.807, 2.05) is 13.0 Å². The lowest BCUT2D eigenvalue weighted by atomic mass is 10.2. The molecule has 2 rings (SSSR count). The zero-order chi connectivity index (χ0) is 14.0. The van der Waals surface area contributed by atoms with Gasteiger partial charge in [-0.15, -0.1) is 0 Å². The van der Waals surface area contributed by atoms with Crippen LogP contribution in [0.4, 0.5) is 5.69 Å². The molecule has 0 unspecified atom stereocenters. The van der Waals surface area contributed by atoms with Crippen LogP contribution < -0.4 is 5.32 Å². The minimum atomic E-state index is -0.212. The Labute approximate surface area is 125 Å². The second kappa shape index (κ2) is 5.92. The quantitative estimate of drug-likeness (QED) is 0.915. The molecule has 0 bridgehead atoms. The van der Waals surface area contributed by atoms with Gasteiger partial charge in [-0.05, 0) is 47.0 Å². The predicted octanol–water partition coefficient (Wildman–Crippen LogP) is 2.97. The van der Waals surface area contributed by atoms with Crippen LogP contribution in [0, 0.1) is 6.92 Å². The summed E-state index contributed by atoms with van der Waals surface area (Å²) in [5.74, 6) is -0.174. The van der Waals surface area contributed by atoms with Crippen LogP contribution in [0.25, 0.3) is 0 Å². The van der Waals surface area contributed by atoms with Gasteiger partial charge in [-0.1, -0.05) is 11.6 Å². The molecule has 1 N–H and O–H groups in total. The predicted molar refractivity (Wildman–Crippen MR) is 78.3 cm³/mol. The van der Waals surface area contributed by atoms with Crippen LogP contribution >= 0.6 is 27.5 Å². The molecule has 0 aromatic heterocycles. The molecule has 2 amide bonds. The first kappa shape index (κ1) is 14.3. The van der Waals surface area contributed by atoms with E-state index in [1.165, 1.54) is 0 Å². The van der Waals surface area contributed by atoms with Crippen molar-refractivity contribution in [1.82, 2.24) is 4.90 Å². The Hall–Kier alpha value is -1.07. The SMILES string of the molecule is Cc1cc(Br)c(NC(=O)CN2CCCC2=O)cc1Cl. The molecule has 1 aliphatic rings. The van der Waals surface area contributed by atoms with Gasteiger partial charge in [0.05, 0.1) is 12.2 Å². The van der Waals surface area contributed by atoms with Crippen molar-refractivity contribution in [2.75, 3.05) is 18.4 Å². The first-order valence-electron chi connectivity index (χ1n) is 6.00. The average molecular weight is 346 g/mol. The van der Waals surface area contributed by atoms with Gasteiger partial charge >= 0.3 is 0 Å². The van der Waals surface area contributed by atoms with Gasteiger partial charge < -0.3 is 10.2 Å². The minimum Gasteiger partial charge on any atom is -0.333 e. The Morgan fingerprint density at radius 3 is 2.89 bits per heavy atom. The normalized spacial score (nSPS) is 14.9. The fourth-order valence-corrected chi connectivity index (χ4v) is 2.70. The van der Waals surface area contributed by atoms with E-state index in [2.05, 4.69) is 21.2 Å². The van der Waals surface area contributed by atoms with E-state index in [0.717, 1.165) is 16.5 Å². The molecule has 0 radical (unpaired) electrons. The van der Waals surface area contributed by atoms with Gasteiger partial charge in [0.25, 0.3) is 0 Å². The summed E-state index contributed by atoms with van der Waals surface area (Å²) in [7, 11) is 0. The number of benzene rings is 1. The van der Waals surface area contributed by atoms with E-state index in [0.29, 0.717) is 23.7 Å². The second-order valence-corrected chi connectivity index (χ2v) is 5.81. The molecular weight excluding hydrogens is 332 g/mol. The van der Waals surface area contributed by atoms with E-state index in [-0.39, 0.29) is 18.4 Å². The summed E-state index contributed by atoms with van der Waals surface area (Å²) < 4.78 is 0.774. The van der Waals surface area contributed by atoms with Gasteiger partial charge in [-0.2, -0.15) is 0 Å². The van der Waals surface area contributed by atoms with E-state index >= 15 is 0 Å². The van der Waals surface area contributed by atoms with Gasteiger partial charge in [-0.3, -0.25) is 9.59 Å². The van der Waals surface area contributed by atoms with Crippen molar-refractivity contribution in [3.63, 3.8) is 0 Å². The molecule has 19 heavy (non-hydrogen) atoms. The molecule has 0 aliphatic carbocycles. The summed E-state index contributed by atoms with van der Waals surface area (Å²) in [5.41, 5.74) is 1.55. The first-order chi connectivity index (χ1) is 8.97. The Morgan fingerprint density at radius 1 is 1.53 bits per heavy atom. The van der Waals surface area contributed by atoms with Gasteiger partial charge in [0.2, 0.25) is 11.8 Å². The number of hydrogen-bond donors (Lipinski definition) is 1. The highest BCUT2D eigenvalue weighted by atomic mass is 79.9. The molecule has 4 nitrogen and oxygen atoms in total. The number of nitrogens with one attached hydrogen (secondary N) is 1. The maximum Gasteiger partial charge on any atom is 0.244 e. The summed E-state index contributed by atoms with van der Waals surface area (Å²) in [6.45, 7) is 2.64. The van der Waals surface area contributed by atoms with Crippen LogP contribution in [0.1, 0.15) is 18.4 Å². The number of carbonyl (C=O) groups is 2. The van der Waals surface area contributed by atoms with Crippen LogP contribution in [0.3, 0.4) is 0 Å². The maximum absolute atomic E-state index is 11.9. The van der Waals surface area contributed by atoms with Crippen molar-refractivity contribution in [1.29, 1.82) is 0 Å². The van der Waals surface area contributed by atoms with E-state index in [1.54, 1.807) is 11.0 Å². The Balaban J connectivity index is 2.02. The molecule has 1 saturated heterocycles. The van der Waals surface area contributed by atoms with E-state index in [9.17, 15) is 9.59 Å². The number of amides is 2. The highest BCUT2D eigenvalue weighted by Gasteiger charge is 2.22. The van der Waals surface area contributed by atoms with Gasteiger partial charge in [0, 0.05) is 22.5 Å². The first-order valence-corrected chi connectivity index (χ1v) is 7.18. The number of likely N-dealkylation sites (tertiary alicyclic amines) is 1. The molecule has 6 heteroatoms. The summed E-state index contributed by atoms with van der Waals surface area (Å²) in [6, 6.07) is 3.55. The van der Waals surface area contributed by atoms with Gasteiger partial charge in [0.1, 0.15) is 0 Å². The Morgan fingerprint density at radius 2 is 2.26 bits per heavy atom. The summed E-state index contributed by atoms with van der Waals surface area (Å²) >= 11 is 9.41. The Bertz CT molecular complexity index is 534. The maximum atomic E-state index is 11.9. The van der Waals surface area contributed by atoms with Crippen LogP contribution in [-0.2, 0) is 9.59 Å². The number of aryl methyl sites for hydroxylation is 1. The van der Waals surface area contributed by atoms with Crippen molar-refractivity contribution in [2.45, 2.75) is 19.8 Å². The zero-order valence-corrected chi connectivity index (χ0v) is 12.8. The van der Waals surface area contributed by atoms with Gasteiger partial charge in [-0.25, -0.2) is 0 Å². The monoisotopic (exact) mass is 344 g/mol. The highest BCUT2D eigenvalue weighted by molar-refractivity contribution is 9.10. The topological polar surface area (TPSA) is 49.4 Å². The van der Waals surface area contributed by atoms with Crippen molar-refractivity contribution in [3.05, 3.63) is 27.2 Å². The van der Waals surface area contributed by atoms with Crippen LogP contribution in [0.5, 0.6) is 0 Å². The number of hydrogen-bond acceptors (Lipinski definition) is 2. The van der Waals surface area contributed by atoms with Crippen molar-refractivity contribution < 1.29 is 9.59 Å². The molecule has 1 aromatic carbocycles. The summed E-state index contributed by atoms with van der Waals surface area (Å²) in [5, 5.41) is 3.35. The van der Waals surface area contributed by atoms with Gasteiger partial charge in [0.15, 0.2) is 0 Å². The van der Waals surface area contributed by atoms with Crippen LogP contribution in [0.15, 0.2) is 16.6 Å². The zero-order valence-electron chi connectivity index (χ0n) is 10.5. The third kappa shape index (κ3) is 3.48. The van der Waals surface area contributed by atoms with Crippen molar-refractivity contribution >= 4 is 45.0 Å². The summed E-state index contributed by atoms with van der Waals surface area (Å²) in [4.78, 5) is 24.9. The Kier molecular flexibility index (Phi) is 4.47. The van der Waals surface area contributed by atoms with Crippen molar-refractivity contribution in [2.24, 2.45) is 0 Å².